The van der Waals surface area contributed by atoms with Gasteiger partial charge in [0, 0.05) is 32.9 Å². The number of benzene rings is 9. The second-order valence-electron chi connectivity index (χ2n) is 16.2. The van der Waals surface area contributed by atoms with Crippen LogP contribution in [0.15, 0.2) is 219 Å². The molecular weight excluding hydrogens is 753 g/mol. The summed E-state index contributed by atoms with van der Waals surface area (Å²) in [5.74, 6) is 0. The molecule has 4 aromatic heterocycles. The monoisotopic (exact) mass is 788 g/mol. The summed E-state index contributed by atoms with van der Waals surface area (Å²) in [6.45, 7) is 0. The molecule has 0 bridgehead atoms. The molecule has 13 aromatic rings. The van der Waals surface area contributed by atoms with Crippen molar-refractivity contribution in [2.45, 2.75) is 0 Å². The summed E-state index contributed by atoms with van der Waals surface area (Å²) < 4.78 is 4.65. The topological polar surface area (TPSA) is 35.6 Å². The number of nitrogens with zero attached hydrogens (tertiary/aromatic N) is 4. The standard InChI is InChI=1S/C58H36N4/c1-3-14-37(15-4-1)39-26-28-45-43-20-7-8-21-44(43)46-29-27-40(32-50(46)49(45)31-39)38-16-13-19-42(30-38)62-56-25-12-10-23-48(56)52-34-54(60-36-58(52)62)53-33-51-47-22-9-11-24-55(47)61(57(51)35-59-53)41-17-5-2-6-18-41/h1-36H. The van der Waals surface area contributed by atoms with E-state index in [-0.39, 0.29) is 0 Å². The van der Waals surface area contributed by atoms with Gasteiger partial charge in [-0.25, -0.2) is 0 Å². The molecule has 4 heteroatoms. The van der Waals surface area contributed by atoms with Crippen molar-refractivity contribution < 1.29 is 0 Å². The van der Waals surface area contributed by atoms with Gasteiger partial charge < -0.3 is 9.13 Å². The maximum Gasteiger partial charge on any atom is 0.0894 e. The van der Waals surface area contributed by atoms with E-state index in [1.54, 1.807) is 0 Å². The zero-order valence-electron chi connectivity index (χ0n) is 33.6. The lowest BCUT2D eigenvalue weighted by Crippen LogP contribution is -1.96. The molecule has 4 nitrogen and oxygen atoms in total. The van der Waals surface area contributed by atoms with Crippen LogP contribution in [0.3, 0.4) is 0 Å². The zero-order chi connectivity index (χ0) is 40.7. The second-order valence-corrected chi connectivity index (χ2v) is 16.2. The fourth-order valence-electron chi connectivity index (χ4n) is 9.92. The van der Waals surface area contributed by atoms with Crippen LogP contribution >= 0.6 is 0 Å². The van der Waals surface area contributed by atoms with Gasteiger partial charge in [0.2, 0.25) is 0 Å². The summed E-state index contributed by atoms with van der Waals surface area (Å²) in [5, 5.41) is 12.3. The van der Waals surface area contributed by atoms with Crippen LogP contribution in [0.4, 0.5) is 0 Å². The maximum atomic E-state index is 5.12. The van der Waals surface area contributed by atoms with E-state index in [0.29, 0.717) is 0 Å². The molecule has 0 aliphatic carbocycles. The average molecular weight is 789 g/mol. The van der Waals surface area contributed by atoms with Crippen molar-refractivity contribution in [1.29, 1.82) is 0 Å². The molecule has 4 heterocycles. The fraction of sp³-hybridized carbons (Fsp3) is 0. The van der Waals surface area contributed by atoms with Gasteiger partial charge in [0.05, 0.1) is 45.8 Å². The predicted molar refractivity (Wildman–Crippen MR) is 260 cm³/mol. The van der Waals surface area contributed by atoms with Crippen LogP contribution in [0, 0.1) is 0 Å². The van der Waals surface area contributed by atoms with E-state index in [1.807, 2.05) is 12.4 Å². The van der Waals surface area contributed by atoms with Crippen LogP contribution < -0.4 is 0 Å². The molecule has 0 saturated heterocycles. The van der Waals surface area contributed by atoms with Gasteiger partial charge in [0.1, 0.15) is 0 Å². The Morgan fingerprint density at radius 3 is 1.24 bits per heavy atom. The van der Waals surface area contributed by atoms with Crippen molar-refractivity contribution in [3.8, 4) is 45.0 Å². The van der Waals surface area contributed by atoms with Gasteiger partial charge in [0.25, 0.3) is 0 Å². The summed E-state index contributed by atoms with van der Waals surface area (Å²) in [7, 11) is 0. The second kappa shape index (κ2) is 13.6. The molecule has 0 aliphatic heterocycles. The zero-order valence-corrected chi connectivity index (χ0v) is 33.6. The van der Waals surface area contributed by atoms with Crippen molar-refractivity contribution >= 4 is 75.9 Å². The third-order valence-electron chi connectivity index (χ3n) is 12.8. The Morgan fingerprint density at radius 1 is 0.242 bits per heavy atom. The van der Waals surface area contributed by atoms with Gasteiger partial charge in [-0.3, -0.25) is 9.97 Å². The van der Waals surface area contributed by atoms with Crippen LogP contribution in [0.25, 0.3) is 121 Å². The molecule has 0 fully saturated rings. The van der Waals surface area contributed by atoms with E-state index in [9.17, 15) is 0 Å². The Hall–Kier alpha value is -8.34. The highest BCUT2D eigenvalue weighted by atomic mass is 15.0. The lowest BCUT2D eigenvalue weighted by molar-refractivity contribution is 1.16. The van der Waals surface area contributed by atoms with Crippen LogP contribution in [-0.4, -0.2) is 19.1 Å². The number of pyridine rings is 2. The Bertz CT molecular complexity index is 3920. The Labute approximate surface area is 357 Å². The summed E-state index contributed by atoms with van der Waals surface area (Å²) in [4.78, 5) is 10.2. The summed E-state index contributed by atoms with van der Waals surface area (Å²) in [6.07, 6.45) is 4.02. The molecule has 0 aliphatic rings. The number of rotatable bonds is 5. The van der Waals surface area contributed by atoms with Crippen LogP contribution in [0.5, 0.6) is 0 Å². The molecule has 0 spiro atoms. The first kappa shape index (κ1) is 34.5. The average Bonchev–Trinajstić information content (AvgIpc) is 3.86. The minimum absolute atomic E-state index is 0.846. The molecular formula is C58H36N4. The number of aromatic nitrogens is 4. The Morgan fingerprint density at radius 2 is 0.661 bits per heavy atom. The van der Waals surface area contributed by atoms with Gasteiger partial charge in [-0.05, 0) is 115 Å². The SMILES string of the molecule is c1ccc(-c2ccc3c4ccccc4c4ccc(-c5cccc(-n6c7ccccc7c7cc(-c8cc9c%10ccccc%10n(-c%10ccccc%10)c9cn8)ncc76)c5)cc4c3c2)cc1. The van der Waals surface area contributed by atoms with Crippen LogP contribution in [0.1, 0.15) is 0 Å². The molecule has 9 aromatic carbocycles. The molecule has 288 valence electrons. The molecule has 0 unspecified atom stereocenters. The largest absolute Gasteiger partial charge is 0.308 e. The van der Waals surface area contributed by atoms with Gasteiger partial charge in [0.15, 0.2) is 0 Å². The van der Waals surface area contributed by atoms with Gasteiger partial charge in [-0.2, -0.15) is 0 Å². The summed E-state index contributed by atoms with van der Waals surface area (Å²) in [5.41, 5.74) is 13.1. The molecule has 0 atom stereocenters. The summed E-state index contributed by atoms with van der Waals surface area (Å²) in [6, 6.07) is 74.5. The Balaban J connectivity index is 0.948. The number of hydrogen-bond donors (Lipinski definition) is 0. The Kier molecular flexibility index (Phi) is 7.57. The predicted octanol–water partition coefficient (Wildman–Crippen LogP) is 15.1. The van der Waals surface area contributed by atoms with E-state index < -0.39 is 0 Å². The van der Waals surface area contributed by atoms with Gasteiger partial charge in [-0.1, -0.05) is 146 Å². The normalized spacial score (nSPS) is 11.9. The first-order valence-corrected chi connectivity index (χ1v) is 21.1. The highest BCUT2D eigenvalue weighted by molar-refractivity contribution is 6.26. The molecule has 0 N–H and O–H groups in total. The smallest absolute Gasteiger partial charge is 0.0894 e. The molecule has 62 heavy (non-hydrogen) atoms. The quantitative estimate of drug-likeness (QED) is 0.163. The first-order chi connectivity index (χ1) is 30.7. The highest BCUT2D eigenvalue weighted by Crippen LogP contribution is 2.41. The summed E-state index contributed by atoms with van der Waals surface area (Å²) >= 11 is 0. The van der Waals surface area contributed by atoms with E-state index in [2.05, 4.69) is 215 Å². The first-order valence-electron chi connectivity index (χ1n) is 21.1. The van der Waals surface area contributed by atoms with E-state index in [0.717, 1.165) is 61.2 Å². The molecule has 0 amide bonds. The minimum atomic E-state index is 0.846. The molecule has 0 saturated carbocycles. The fourth-order valence-corrected chi connectivity index (χ4v) is 9.92. The lowest BCUT2D eigenvalue weighted by Gasteiger charge is -2.14. The number of fused-ring (bicyclic) bond motifs is 12. The van der Waals surface area contributed by atoms with Crippen molar-refractivity contribution in [2.75, 3.05) is 0 Å². The van der Waals surface area contributed by atoms with E-state index in [1.165, 1.54) is 59.8 Å². The van der Waals surface area contributed by atoms with Crippen molar-refractivity contribution in [3.05, 3.63) is 219 Å². The number of para-hydroxylation sites is 3. The third kappa shape index (κ3) is 5.27. The van der Waals surface area contributed by atoms with E-state index in [4.69, 9.17) is 9.97 Å². The van der Waals surface area contributed by atoms with Crippen molar-refractivity contribution in [1.82, 2.24) is 19.1 Å². The van der Waals surface area contributed by atoms with Gasteiger partial charge >= 0.3 is 0 Å². The third-order valence-corrected chi connectivity index (χ3v) is 12.8. The van der Waals surface area contributed by atoms with Crippen LogP contribution in [0.2, 0.25) is 0 Å². The number of hydrogen-bond acceptors (Lipinski definition) is 2. The van der Waals surface area contributed by atoms with Crippen molar-refractivity contribution in [3.63, 3.8) is 0 Å². The van der Waals surface area contributed by atoms with Crippen LogP contribution in [-0.2, 0) is 0 Å². The minimum Gasteiger partial charge on any atom is -0.308 e. The van der Waals surface area contributed by atoms with Gasteiger partial charge in [-0.15, -0.1) is 0 Å². The maximum absolute atomic E-state index is 5.12. The lowest BCUT2D eigenvalue weighted by atomic mass is 9.90. The van der Waals surface area contributed by atoms with Crippen molar-refractivity contribution in [2.24, 2.45) is 0 Å². The van der Waals surface area contributed by atoms with E-state index >= 15 is 0 Å². The highest BCUT2D eigenvalue weighted by Gasteiger charge is 2.18. The molecule has 13 rings (SSSR count). The molecule has 0 radical (unpaired) electrons.